The molecule has 0 radical (unpaired) electrons. The minimum Gasteiger partial charge on any atom is -0.423 e. The number of aromatic nitrogens is 4. The topological polar surface area (TPSA) is 236 Å². The largest absolute Gasteiger partial charge is 0.490 e. The van der Waals surface area contributed by atoms with Crippen LogP contribution in [0, 0.1) is 24.7 Å². The molecule has 4 aromatic heterocycles. The molecule has 6 heterocycles. The minimum absolute atomic E-state index is 0.0376. The second-order valence-electron chi connectivity index (χ2n) is 18.3. The van der Waals surface area contributed by atoms with E-state index < -0.39 is 23.6 Å². The highest BCUT2D eigenvalue weighted by molar-refractivity contribution is 9.10. The molecule has 4 spiro atoms. The van der Waals surface area contributed by atoms with Crippen molar-refractivity contribution in [2.24, 2.45) is 32.3 Å². The molecule has 4 unspecified atom stereocenters. The van der Waals surface area contributed by atoms with Gasteiger partial charge in [0.15, 0.2) is 23.0 Å². The third kappa shape index (κ3) is 6.39. The highest BCUT2D eigenvalue weighted by Gasteiger charge is 2.68. The van der Waals surface area contributed by atoms with E-state index in [0.29, 0.717) is 11.9 Å². The SMILES string of the molecule is Cc1onc2c1CC1(CC2)Cc2ccc(-c3cccnc3)cc2C12N=C(N)N(C)C2=O.Cc1onc2c1CC1(CC2)Cc2ccc(Br)cc2C12N=C(N)N(C)C2=O.OB(O)c1cccnc1. The molecule has 2 aliphatic heterocycles. The Hall–Kier alpha value is -6.50. The van der Waals surface area contributed by atoms with Crippen LogP contribution in [-0.2, 0) is 59.2 Å². The summed E-state index contributed by atoms with van der Waals surface area (Å²) in [5.41, 5.74) is 20.6. The number of carbonyl (C=O) groups is 2. The first kappa shape index (κ1) is 43.4. The van der Waals surface area contributed by atoms with E-state index in [0.717, 1.165) is 111 Å². The molecule has 4 atom stereocenters. The Morgan fingerprint density at radius 1 is 0.682 bits per heavy atom. The van der Waals surface area contributed by atoms with Gasteiger partial charge in [-0.1, -0.05) is 56.6 Å². The molecular weight excluding hydrogens is 903 g/mol. The van der Waals surface area contributed by atoms with Gasteiger partial charge in [-0.25, -0.2) is 9.98 Å². The normalized spacial score (nSPS) is 25.3. The number of benzene rings is 2. The maximum Gasteiger partial charge on any atom is 0.490 e. The number of aryl methyl sites for hydroxylation is 4. The molecule has 6 aliphatic rings. The van der Waals surface area contributed by atoms with Gasteiger partial charge in [-0.2, -0.15) is 0 Å². The van der Waals surface area contributed by atoms with Gasteiger partial charge in [0, 0.05) is 70.8 Å². The Kier molecular flexibility index (Phi) is 10.4. The first-order valence-electron chi connectivity index (χ1n) is 21.9. The molecule has 0 fully saturated rings. The van der Waals surface area contributed by atoms with Gasteiger partial charge in [-0.15, -0.1) is 0 Å². The van der Waals surface area contributed by atoms with Crippen LogP contribution in [0.4, 0.5) is 0 Å². The lowest BCUT2D eigenvalue weighted by Crippen LogP contribution is -2.51. The Morgan fingerprint density at radius 2 is 1.20 bits per heavy atom. The molecule has 66 heavy (non-hydrogen) atoms. The average Bonchev–Trinajstić information content (AvgIpc) is 4.12. The van der Waals surface area contributed by atoms with Gasteiger partial charge in [0.1, 0.15) is 11.5 Å². The number of aliphatic imine (C=N–C) groups is 2. The smallest absolute Gasteiger partial charge is 0.423 e. The monoisotopic (exact) mass is 950 g/mol. The van der Waals surface area contributed by atoms with Gasteiger partial charge in [-0.05, 0) is 129 Å². The number of amides is 2. The molecule has 0 saturated heterocycles. The summed E-state index contributed by atoms with van der Waals surface area (Å²) in [6, 6.07) is 19.7. The van der Waals surface area contributed by atoms with Crippen LogP contribution in [0.15, 0.2) is 109 Å². The molecule has 6 N–H and O–H groups in total. The lowest BCUT2D eigenvalue weighted by molar-refractivity contribution is -0.136. The molecule has 16 nitrogen and oxygen atoms in total. The van der Waals surface area contributed by atoms with Crippen molar-refractivity contribution in [3.8, 4) is 11.1 Å². The van der Waals surface area contributed by atoms with Gasteiger partial charge < -0.3 is 30.6 Å². The summed E-state index contributed by atoms with van der Waals surface area (Å²) in [5.74, 6) is 2.13. The van der Waals surface area contributed by atoms with Crippen molar-refractivity contribution in [2.45, 2.75) is 76.3 Å². The van der Waals surface area contributed by atoms with E-state index in [9.17, 15) is 9.59 Å². The van der Waals surface area contributed by atoms with E-state index >= 15 is 0 Å². The fraction of sp³-hybridized carbons (Fsp3) is 0.333. The van der Waals surface area contributed by atoms with Crippen LogP contribution in [0.5, 0.6) is 0 Å². The zero-order valence-electron chi connectivity index (χ0n) is 37.0. The van der Waals surface area contributed by atoms with E-state index in [1.54, 1.807) is 38.6 Å². The number of pyridine rings is 2. The van der Waals surface area contributed by atoms with Crippen LogP contribution < -0.4 is 16.9 Å². The van der Waals surface area contributed by atoms with Crippen molar-refractivity contribution < 1.29 is 28.7 Å². The Labute approximate surface area is 389 Å². The van der Waals surface area contributed by atoms with Crippen LogP contribution >= 0.6 is 15.9 Å². The summed E-state index contributed by atoms with van der Waals surface area (Å²) >= 11 is 3.56. The minimum atomic E-state index is -1.40. The summed E-state index contributed by atoms with van der Waals surface area (Å²) in [5, 5.41) is 25.5. The van der Waals surface area contributed by atoms with Crippen LogP contribution in [0.3, 0.4) is 0 Å². The number of hydrogen-bond acceptors (Lipinski definition) is 14. The number of rotatable bonds is 2. The first-order valence-corrected chi connectivity index (χ1v) is 22.7. The van der Waals surface area contributed by atoms with Crippen LogP contribution in [0.25, 0.3) is 11.1 Å². The van der Waals surface area contributed by atoms with Gasteiger partial charge in [0.25, 0.3) is 11.8 Å². The van der Waals surface area contributed by atoms with Crippen LogP contribution in [-0.4, -0.2) is 85.1 Å². The fourth-order valence-corrected chi connectivity index (χ4v) is 11.8. The number of carbonyl (C=O) groups excluding carboxylic acids is 2. The maximum absolute atomic E-state index is 13.8. The molecular formula is C48H48BBrN10O6. The Balaban J connectivity index is 0.000000132. The standard InChI is InChI=1S/C24H23N5O2.C19H19BrN4O2.C5H6BNO2/c1-14-18-12-23(8-7-20(18)28-31-14)11-16-6-5-15(17-4-3-9-26-13-17)10-19(16)24(23)21(30)29(2)22(25)27-24;1-10-13-9-18(6-5-15(13)23-26-10)8-11-3-4-12(20)7-14(11)19(18)16(25)24(2)17(21)22-19;8-6(9)5-2-1-3-7-4-5/h3-6,9-10,13H,7-8,11-12H2,1-2H3,(H2,25,27);3-4,7H,5-6,8-9H2,1-2H3,(H2,21,22);1-4,8-9H. The van der Waals surface area contributed by atoms with Crippen molar-refractivity contribution in [3.63, 3.8) is 0 Å². The highest BCUT2D eigenvalue weighted by atomic mass is 79.9. The van der Waals surface area contributed by atoms with E-state index in [2.05, 4.69) is 60.5 Å². The molecule has 2 aromatic carbocycles. The van der Waals surface area contributed by atoms with Crippen molar-refractivity contribution in [3.05, 3.63) is 146 Å². The predicted octanol–water partition coefficient (Wildman–Crippen LogP) is 3.98. The van der Waals surface area contributed by atoms with Crippen LogP contribution in [0.2, 0.25) is 0 Å². The Bertz CT molecular complexity index is 3000. The molecule has 2 amide bonds. The molecule has 12 rings (SSSR count). The number of hydrogen-bond donors (Lipinski definition) is 4. The third-order valence-corrected chi connectivity index (χ3v) is 15.3. The van der Waals surface area contributed by atoms with Gasteiger partial charge in [0.2, 0.25) is 0 Å². The van der Waals surface area contributed by atoms with Crippen molar-refractivity contribution in [1.29, 1.82) is 0 Å². The Morgan fingerprint density at radius 3 is 1.65 bits per heavy atom. The zero-order chi connectivity index (χ0) is 46.3. The quantitative estimate of drug-likeness (QED) is 0.181. The molecule has 336 valence electrons. The lowest BCUT2D eigenvalue weighted by Gasteiger charge is -2.43. The fourth-order valence-electron chi connectivity index (χ4n) is 11.4. The lowest BCUT2D eigenvalue weighted by atomic mass is 9.61. The number of guanidine groups is 2. The second-order valence-corrected chi connectivity index (χ2v) is 19.2. The molecule has 0 bridgehead atoms. The number of halogens is 1. The predicted molar refractivity (Wildman–Crippen MR) is 249 cm³/mol. The molecule has 4 aliphatic carbocycles. The third-order valence-electron chi connectivity index (χ3n) is 14.9. The maximum atomic E-state index is 13.8. The molecule has 18 heteroatoms. The summed E-state index contributed by atoms with van der Waals surface area (Å²) in [4.78, 5) is 48.0. The van der Waals surface area contributed by atoms with E-state index in [1.165, 1.54) is 21.6 Å². The average molecular weight is 952 g/mol. The van der Waals surface area contributed by atoms with Gasteiger partial charge in [0.05, 0.1) is 11.4 Å². The van der Waals surface area contributed by atoms with Crippen molar-refractivity contribution >= 4 is 52.2 Å². The van der Waals surface area contributed by atoms with E-state index in [-0.39, 0.29) is 29.1 Å². The van der Waals surface area contributed by atoms with Gasteiger partial charge in [-0.3, -0.25) is 29.4 Å². The molecule has 0 saturated carbocycles. The number of fused-ring (bicyclic) bond motifs is 8. The highest BCUT2D eigenvalue weighted by Crippen LogP contribution is 2.62. The summed E-state index contributed by atoms with van der Waals surface area (Å²) < 4.78 is 11.9. The van der Waals surface area contributed by atoms with Crippen LogP contribution in [0.1, 0.15) is 69.1 Å². The number of nitrogens with zero attached hydrogens (tertiary/aromatic N) is 8. The van der Waals surface area contributed by atoms with E-state index in [1.807, 2.05) is 44.3 Å². The summed E-state index contributed by atoms with van der Waals surface area (Å²) in [7, 11) is 2.02. The van der Waals surface area contributed by atoms with Crippen molar-refractivity contribution in [2.75, 3.05) is 14.1 Å². The van der Waals surface area contributed by atoms with Crippen molar-refractivity contribution in [1.82, 2.24) is 30.1 Å². The summed E-state index contributed by atoms with van der Waals surface area (Å²) in [6.07, 6.45) is 12.8. The number of nitrogens with two attached hydrogens (primary N) is 2. The van der Waals surface area contributed by atoms with Gasteiger partial charge >= 0.3 is 7.12 Å². The zero-order valence-corrected chi connectivity index (χ0v) is 38.5. The molecule has 6 aromatic rings. The first-order chi connectivity index (χ1) is 31.6. The van der Waals surface area contributed by atoms with E-state index in [4.69, 9.17) is 40.5 Å². The summed E-state index contributed by atoms with van der Waals surface area (Å²) in [6.45, 7) is 3.89. The number of likely N-dealkylation sites (N-methyl/N-ethyl adjacent to an activating group) is 2. The second kappa shape index (κ2) is 15.8.